The number of methoxy groups -OCH3 is 1. The second-order valence-electron chi connectivity index (χ2n) is 3.03. The molecule has 0 spiro atoms. The van der Waals surface area contributed by atoms with Gasteiger partial charge in [0.2, 0.25) is 0 Å². The zero-order valence-electron chi connectivity index (χ0n) is 8.03. The smallest absolute Gasteiger partial charge is 0.124 e. The molecule has 14 heavy (non-hydrogen) atoms. The summed E-state index contributed by atoms with van der Waals surface area (Å²) in [6, 6.07) is 1.80. The zero-order chi connectivity index (χ0) is 10.1. The van der Waals surface area contributed by atoms with Crippen molar-refractivity contribution in [3.05, 3.63) is 17.2 Å². The molecular weight excluding hydrogens is 182 g/mol. The van der Waals surface area contributed by atoms with Gasteiger partial charge >= 0.3 is 0 Å². The third kappa shape index (κ3) is 1.13. The first-order valence-corrected chi connectivity index (χ1v) is 4.25. The number of hydrogen-bond donors (Lipinski definition) is 2. The van der Waals surface area contributed by atoms with Crippen molar-refractivity contribution in [2.45, 2.75) is 13.5 Å². The van der Waals surface area contributed by atoms with Crippen LogP contribution in [0.1, 0.15) is 11.1 Å². The van der Waals surface area contributed by atoms with Gasteiger partial charge in [0.25, 0.3) is 0 Å². The van der Waals surface area contributed by atoms with Crippen LogP contribution in [0.3, 0.4) is 0 Å². The summed E-state index contributed by atoms with van der Waals surface area (Å²) in [5.41, 5.74) is 3.06. The number of aliphatic hydroxyl groups is 1. The number of nitrogens with one attached hydrogen (secondary N) is 1. The number of H-pyrrole nitrogens is 1. The second-order valence-corrected chi connectivity index (χ2v) is 3.03. The second kappa shape index (κ2) is 3.26. The van der Waals surface area contributed by atoms with Crippen molar-refractivity contribution in [3.8, 4) is 5.75 Å². The van der Waals surface area contributed by atoms with E-state index in [1.54, 1.807) is 13.2 Å². The molecule has 0 radical (unpaired) electrons. The van der Waals surface area contributed by atoms with Gasteiger partial charge in [0.1, 0.15) is 16.8 Å². The fraction of sp³-hybridized carbons (Fsp3) is 0.333. The Kier molecular flexibility index (Phi) is 2.09. The van der Waals surface area contributed by atoms with Crippen molar-refractivity contribution in [3.63, 3.8) is 0 Å². The molecule has 0 bridgehead atoms. The van der Waals surface area contributed by atoms with Crippen LogP contribution in [0, 0.1) is 6.92 Å². The Morgan fingerprint density at radius 3 is 2.93 bits per heavy atom. The van der Waals surface area contributed by atoms with E-state index < -0.39 is 0 Å². The Morgan fingerprint density at radius 1 is 1.50 bits per heavy atom. The Bertz CT molecular complexity index is 464. The van der Waals surface area contributed by atoms with Crippen LogP contribution in [0.15, 0.2) is 6.07 Å². The van der Waals surface area contributed by atoms with Gasteiger partial charge in [-0.1, -0.05) is 0 Å². The number of benzene rings is 1. The molecule has 0 atom stereocenters. The average Bonchev–Trinajstić information content (AvgIpc) is 2.64. The van der Waals surface area contributed by atoms with Crippen LogP contribution in [-0.4, -0.2) is 27.6 Å². The summed E-state index contributed by atoms with van der Waals surface area (Å²) < 4.78 is 5.17. The number of rotatable bonds is 2. The average molecular weight is 193 g/mol. The van der Waals surface area contributed by atoms with Crippen LogP contribution in [0.4, 0.5) is 0 Å². The monoisotopic (exact) mass is 193 g/mol. The van der Waals surface area contributed by atoms with Gasteiger partial charge in [0.15, 0.2) is 0 Å². The summed E-state index contributed by atoms with van der Waals surface area (Å²) in [7, 11) is 1.59. The van der Waals surface area contributed by atoms with Gasteiger partial charge in [-0.3, -0.25) is 0 Å². The van der Waals surface area contributed by atoms with Gasteiger partial charge in [0.05, 0.1) is 13.7 Å². The molecule has 0 aliphatic heterocycles. The lowest BCUT2D eigenvalue weighted by Gasteiger charge is -2.08. The largest absolute Gasteiger partial charge is 0.496 e. The molecule has 0 saturated heterocycles. The molecule has 5 nitrogen and oxygen atoms in total. The molecule has 1 aromatic carbocycles. The number of aromatic nitrogens is 3. The van der Waals surface area contributed by atoms with Crippen LogP contribution < -0.4 is 4.74 Å². The first-order chi connectivity index (χ1) is 6.77. The van der Waals surface area contributed by atoms with E-state index in [-0.39, 0.29) is 6.61 Å². The number of hydrogen-bond acceptors (Lipinski definition) is 4. The van der Waals surface area contributed by atoms with Gasteiger partial charge in [-0.25, -0.2) is 0 Å². The van der Waals surface area contributed by atoms with E-state index >= 15 is 0 Å². The van der Waals surface area contributed by atoms with Crippen molar-refractivity contribution in [1.29, 1.82) is 0 Å². The normalized spacial score (nSPS) is 10.8. The number of ether oxygens (including phenoxy) is 1. The van der Waals surface area contributed by atoms with Gasteiger partial charge in [-0.05, 0) is 12.5 Å². The molecule has 0 fully saturated rings. The minimum Gasteiger partial charge on any atom is -0.496 e. The summed E-state index contributed by atoms with van der Waals surface area (Å²) >= 11 is 0. The molecule has 0 aliphatic rings. The van der Waals surface area contributed by atoms with E-state index in [0.717, 1.165) is 16.9 Å². The maximum absolute atomic E-state index is 9.22. The fourth-order valence-electron chi connectivity index (χ4n) is 1.53. The summed E-state index contributed by atoms with van der Waals surface area (Å²) in [6.45, 7) is 1.82. The topological polar surface area (TPSA) is 71.0 Å². The molecule has 0 saturated carbocycles. The molecule has 2 aromatic rings. The fourth-order valence-corrected chi connectivity index (χ4v) is 1.53. The van der Waals surface area contributed by atoms with Gasteiger partial charge in [0, 0.05) is 11.6 Å². The van der Waals surface area contributed by atoms with Crippen LogP contribution in [0.5, 0.6) is 5.75 Å². The lowest BCUT2D eigenvalue weighted by atomic mass is 10.1. The van der Waals surface area contributed by atoms with Crippen LogP contribution >= 0.6 is 0 Å². The predicted octanol–water partition coefficient (Wildman–Crippen LogP) is 0.767. The zero-order valence-corrected chi connectivity index (χ0v) is 8.03. The highest BCUT2D eigenvalue weighted by molar-refractivity contribution is 5.81. The van der Waals surface area contributed by atoms with Crippen LogP contribution in [-0.2, 0) is 6.61 Å². The Balaban J connectivity index is 2.80. The SMILES string of the molecule is COc1cc2n[nH]nc2c(CO)c1C. The minimum absolute atomic E-state index is 0.0634. The molecular formula is C9H11N3O2. The third-order valence-electron chi connectivity index (χ3n) is 2.33. The first-order valence-electron chi connectivity index (χ1n) is 4.25. The lowest BCUT2D eigenvalue weighted by Crippen LogP contribution is -1.95. The minimum atomic E-state index is -0.0634. The quantitative estimate of drug-likeness (QED) is 0.738. The van der Waals surface area contributed by atoms with Gasteiger partial charge in [-0.15, -0.1) is 0 Å². The molecule has 2 N–H and O–H groups in total. The lowest BCUT2D eigenvalue weighted by molar-refractivity contribution is 0.281. The highest BCUT2D eigenvalue weighted by atomic mass is 16.5. The van der Waals surface area contributed by atoms with Crippen molar-refractivity contribution in [1.82, 2.24) is 15.4 Å². The highest BCUT2D eigenvalue weighted by Crippen LogP contribution is 2.27. The summed E-state index contributed by atoms with van der Waals surface area (Å²) in [5, 5.41) is 19.7. The number of aromatic amines is 1. The predicted molar refractivity (Wildman–Crippen MR) is 51.1 cm³/mol. The number of fused-ring (bicyclic) bond motifs is 1. The molecule has 0 aliphatic carbocycles. The Hall–Kier alpha value is -1.62. The molecule has 74 valence electrons. The Morgan fingerprint density at radius 2 is 2.29 bits per heavy atom. The Labute approximate surface area is 80.7 Å². The van der Waals surface area contributed by atoms with Crippen molar-refractivity contribution >= 4 is 11.0 Å². The maximum atomic E-state index is 9.22. The van der Waals surface area contributed by atoms with E-state index in [2.05, 4.69) is 15.4 Å². The summed E-state index contributed by atoms with van der Waals surface area (Å²) in [4.78, 5) is 0. The van der Waals surface area contributed by atoms with Gasteiger partial charge in [-0.2, -0.15) is 15.4 Å². The molecule has 1 aromatic heterocycles. The summed E-state index contributed by atoms with van der Waals surface area (Å²) in [6.07, 6.45) is 0. The highest BCUT2D eigenvalue weighted by Gasteiger charge is 2.12. The van der Waals surface area contributed by atoms with Gasteiger partial charge < -0.3 is 9.84 Å². The molecule has 2 rings (SSSR count). The number of nitrogens with zero attached hydrogens (tertiary/aromatic N) is 2. The van der Waals surface area contributed by atoms with Crippen molar-refractivity contribution < 1.29 is 9.84 Å². The maximum Gasteiger partial charge on any atom is 0.124 e. The standard InChI is InChI=1S/C9H11N3O2/c1-5-6(4-13)9-7(10-12-11-9)3-8(5)14-2/h3,13H,4H2,1-2H3,(H,10,11,12). The van der Waals surface area contributed by atoms with Crippen molar-refractivity contribution in [2.75, 3.05) is 7.11 Å². The van der Waals surface area contributed by atoms with E-state index in [4.69, 9.17) is 4.74 Å². The number of aliphatic hydroxyl groups excluding tert-OH is 1. The molecule has 0 amide bonds. The van der Waals surface area contributed by atoms with E-state index in [9.17, 15) is 5.11 Å². The van der Waals surface area contributed by atoms with Crippen LogP contribution in [0.25, 0.3) is 11.0 Å². The van der Waals surface area contributed by atoms with E-state index in [1.165, 1.54) is 0 Å². The molecule has 1 heterocycles. The molecule has 5 heteroatoms. The summed E-state index contributed by atoms with van der Waals surface area (Å²) in [5.74, 6) is 0.718. The third-order valence-corrected chi connectivity index (χ3v) is 2.33. The van der Waals surface area contributed by atoms with E-state index in [0.29, 0.717) is 11.0 Å². The molecule has 0 unspecified atom stereocenters. The first kappa shape index (κ1) is 8.96. The van der Waals surface area contributed by atoms with E-state index in [1.807, 2.05) is 6.92 Å². The van der Waals surface area contributed by atoms with Crippen LogP contribution in [0.2, 0.25) is 0 Å². The van der Waals surface area contributed by atoms with Crippen molar-refractivity contribution in [2.24, 2.45) is 0 Å².